The van der Waals surface area contributed by atoms with E-state index in [2.05, 4.69) is 9.88 Å². The molecule has 5 heteroatoms. The molecule has 0 radical (unpaired) electrons. The van der Waals surface area contributed by atoms with Crippen LogP contribution in [-0.2, 0) is 0 Å². The average molecular weight is 258 g/mol. The van der Waals surface area contributed by atoms with E-state index >= 15 is 0 Å². The zero-order chi connectivity index (χ0) is 13.2. The molecular formula is C13H17F3N2. The molecule has 0 aromatic carbocycles. The summed E-state index contributed by atoms with van der Waals surface area (Å²) in [5.74, 6) is -1.18. The van der Waals surface area contributed by atoms with Crippen LogP contribution in [0.4, 0.5) is 13.2 Å². The molecular weight excluding hydrogens is 241 g/mol. The highest BCUT2D eigenvalue weighted by Gasteiger charge is 2.44. The van der Waals surface area contributed by atoms with Gasteiger partial charge in [-0.3, -0.25) is 9.88 Å². The van der Waals surface area contributed by atoms with Crippen LogP contribution in [0.2, 0.25) is 0 Å². The van der Waals surface area contributed by atoms with Crippen LogP contribution >= 0.6 is 0 Å². The molecule has 0 saturated carbocycles. The summed E-state index contributed by atoms with van der Waals surface area (Å²) in [6.07, 6.45) is -0.438. The molecule has 1 fully saturated rings. The van der Waals surface area contributed by atoms with E-state index < -0.39 is 12.1 Å². The van der Waals surface area contributed by atoms with Crippen molar-refractivity contribution in [1.82, 2.24) is 9.88 Å². The summed E-state index contributed by atoms with van der Waals surface area (Å²) in [4.78, 5) is 6.03. The van der Waals surface area contributed by atoms with E-state index in [9.17, 15) is 13.2 Å². The monoisotopic (exact) mass is 258 g/mol. The first-order valence-electron chi connectivity index (χ1n) is 6.23. The molecule has 1 aromatic rings. The lowest BCUT2D eigenvalue weighted by molar-refractivity contribution is -0.190. The first kappa shape index (κ1) is 13.3. The number of likely N-dealkylation sites (tertiary alicyclic amines) is 1. The Labute approximate surface area is 105 Å². The third-order valence-corrected chi connectivity index (χ3v) is 3.67. The molecule has 2 heterocycles. The maximum absolute atomic E-state index is 12.8. The maximum Gasteiger partial charge on any atom is 0.391 e. The molecule has 2 atom stereocenters. The van der Waals surface area contributed by atoms with Gasteiger partial charge >= 0.3 is 6.18 Å². The highest BCUT2D eigenvalue weighted by Crippen LogP contribution is 2.41. The van der Waals surface area contributed by atoms with Crippen LogP contribution in [0.15, 0.2) is 24.5 Å². The van der Waals surface area contributed by atoms with E-state index in [0.717, 1.165) is 12.1 Å². The number of hydrogen-bond donors (Lipinski definition) is 0. The van der Waals surface area contributed by atoms with Crippen LogP contribution in [0.5, 0.6) is 0 Å². The number of nitrogens with zero attached hydrogens (tertiary/aromatic N) is 2. The Morgan fingerprint density at radius 2 is 2.00 bits per heavy atom. The summed E-state index contributed by atoms with van der Waals surface area (Å²) in [5, 5.41) is 0. The lowest BCUT2D eigenvalue weighted by Crippen LogP contribution is -2.41. The fourth-order valence-corrected chi connectivity index (χ4v) is 2.62. The Kier molecular flexibility index (Phi) is 3.90. The molecule has 2 rings (SSSR count). The van der Waals surface area contributed by atoms with Gasteiger partial charge in [-0.25, -0.2) is 0 Å². The van der Waals surface area contributed by atoms with Crippen molar-refractivity contribution in [3.63, 3.8) is 0 Å². The van der Waals surface area contributed by atoms with Crippen molar-refractivity contribution in [1.29, 1.82) is 0 Å². The van der Waals surface area contributed by atoms with Crippen molar-refractivity contribution in [2.45, 2.75) is 32.0 Å². The number of rotatable bonds is 2. The fourth-order valence-electron chi connectivity index (χ4n) is 2.62. The number of halogens is 3. The molecule has 0 aliphatic carbocycles. The number of piperidine rings is 1. The van der Waals surface area contributed by atoms with Crippen molar-refractivity contribution in [3.05, 3.63) is 30.1 Å². The zero-order valence-corrected chi connectivity index (χ0v) is 10.3. The summed E-state index contributed by atoms with van der Waals surface area (Å²) in [6.45, 7) is 3.27. The topological polar surface area (TPSA) is 16.1 Å². The van der Waals surface area contributed by atoms with Gasteiger partial charge in [0.25, 0.3) is 0 Å². The number of hydrogen-bond acceptors (Lipinski definition) is 2. The van der Waals surface area contributed by atoms with Crippen LogP contribution in [0.1, 0.15) is 31.4 Å². The Bertz CT molecular complexity index is 378. The molecule has 1 aliphatic rings. The highest BCUT2D eigenvalue weighted by molar-refractivity contribution is 5.16. The first-order valence-corrected chi connectivity index (χ1v) is 6.23. The van der Waals surface area contributed by atoms with Crippen LogP contribution in [0, 0.1) is 5.92 Å². The molecule has 100 valence electrons. The summed E-state index contributed by atoms with van der Waals surface area (Å²) in [7, 11) is 0. The quantitative estimate of drug-likeness (QED) is 0.808. The lowest BCUT2D eigenvalue weighted by atomic mass is 9.87. The van der Waals surface area contributed by atoms with Crippen molar-refractivity contribution < 1.29 is 13.2 Å². The molecule has 0 N–H and O–H groups in total. The van der Waals surface area contributed by atoms with Crippen molar-refractivity contribution >= 4 is 0 Å². The lowest BCUT2D eigenvalue weighted by Gasteiger charge is -2.39. The summed E-state index contributed by atoms with van der Waals surface area (Å²) >= 11 is 0. The Morgan fingerprint density at radius 3 is 2.56 bits per heavy atom. The summed E-state index contributed by atoms with van der Waals surface area (Å²) in [6, 6.07) is 3.48. The largest absolute Gasteiger partial charge is 0.391 e. The van der Waals surface area contributed by atoms with E-state index in [0.29, 0.717) is 6.54 Å². The Morgan fingerprint density at radius 1 is 1.33 bits per heavy atom. The van der Waals surface area contributed by atoms with Gasteiger partial charge in [-0.15, -0.1) is 0 Å². The smallest absolute Gasteiger partial charge is 0.297 e. The van der Waals surface area contributed by atoms with Crippen LogP contribution in [-0.4, -0.2) is 29.1 Å². The van der Waals surface area contributed by atoms with Gasteiger partial charge in [0.15, 0.2) is 0 Å². The number of pyridine rings is 1. The van der Waals surface area contributed by atoms with Gasteiger partial charge in [0.2, 0.25) is 0 Å². The molecule has 1 saturated heterocycles. The second kappa shape index (κ2) is 5.26. The minimum atomic E-state index is -4.08. The standard InChI is InChI=1S/C13H17F3N2/c1-2-18-8-5-11(13(14,15)16)9-12(18)10-3-6-17-7-4-10/h3-4,6-7,11-12H,2,5,8-9H2,1H3/t11-,12+/m1/s1. The van der Waals surface area contributed by atoms with Gasteiger partial charge in [0, 0.05) is 18.4 Å². The summed E-state index contributed by atoms with van der Waals surface area (Å²) in [5.41, 5.74) is 0.931. The SMILES string of the molecule is CCN1CC[C@@H](C(F)(F)F)C[C@H]1c1ccncc1. The Balaban J connectivity index is 2.19. The van der Waals surface area contributed by atoms with E-state index in [-0.39, 0.29) is 18.9 Å². The normalized spacial score (nSPS) is 26.2. The fraction of sp³-hybridized carbons (Fsp3) is 0.615. The Hall–Kier alpha value is -1.10. The average Bonchev–Trinajstić information content (AvgIpc) is 2.38. The molecule has 0 bridgehead atoms. The van der Waals surface area contributed by atoms with Gasteiger partial charge in [-0.1, -0.05) is 6.92 Å². The van der Waals surface area contributed by atoms with Crippen molar-refractivity contribution in [3.8, 4) is 0 Å². The van der Waals surface area contributed by atoms with Gasteiger partial charge in [0.1, 0.15) is 0 Å². The molecule has 1 aromatic heterocycles. The molecule has 18 heavy (non-hydrogen) atoms. The molecule has 0 spiro atoms. The minimum Gasteiger partial charge on any atom is -0.297 e. The van der Waals surface area contributed by atoms with Crippen molar-refractivity contribution in [2.75, 3.05) is 13.1 Å². The summed E-state index contributed by atoms with van der Waals surface area (Å²) < 4.78 is 38.5. The van der Waals surface area contributed by atoms with Gasteiger partial charge in [-0.05, 0) is 43.6 Å². The predicted molar refractivity (Wildman–Crippen MR) is 63.0 cm³/mol. The molecule has 2 nitrogen and oxygen atoms in total. The molecule has 0 amide bonds. The number of alkyl halides is 3. The van der Waals surface area contributed by atoms with Gasteiger partial charge in [-0.2, -0.15) is 13.2 Å². The van der Waals surface area contributed by atoms with E-state index in [1.54, 1.807) is 12.4 Å². The highest BCUT2D eigenvalue weighted by atomic mass is 19.4. The zero-order valence-electron chi connectivity index (χ0n) is 10.3. The van der Waals surface area contributed by atoms with Crippen LogP contribution < -0.4 is 0 Å². The van der Waals surface area contributed by atoms with Crippen molar-refractivity contribution in [2.24, 2.45) is 5.92 Å². The maximum atomic E-state index is 12.8. The predicted octanol–water partition coefficient (Wildman–Crippen LogP) is 3.42. The number of aromatic nitrogens is 1. The minimum absolute atomic E-state index is 0.140. The van der Waals surface area contributed by atoms with Crippen LogP contribution in [0.25, 0.3) is 0 Å². The first-order chi connectivity index (χ1) is 8.52. The van der Waals surface area contributed by atoms with Gasteiger partial charge in [0.05, 0.1) is 5.92 Å². The third-order valence-electron chi connectivity index (χ3n) is 3.67. The van der Waals surface area contributed by atoms with Crippen LogP contribution in [0.3, 0.4) is 0 Å². The second-order valence-corrected chi connectivity index (χ2v) is 4.69. The molecule has 0 unspecified atom stereocenters. The molecule has 1 aliphatic heterocycles. The second-order valence-electron chi connectivity index (χ2n) is 4.69. The van der Waals surface area contributed by atoms with Gasteiger partial charge < -0.3 is 0 Å². The van der Waals surface area contributed by atoms with E-state index in [1.807, 2.05) is 19.1 Å². The van der Waals surface area contributed by atoms with E-state index in [4.69, 9.17) is 0 Å². The third kappa shape index (κ3) is 2.83. The van der Waals surface area contributed by atoms with E-state index in [1.165, 1.54) is 0 Å².